The predicted octanol–water partition coefficient (Wildman–Crippen LogP) is 3.66. The molecule has 0 fully saturated rings. The molecule has 0 heterocycles. The minimum atomic E-state index is -0.803. The van der Waals surface area contributed by atoms with E-state index >= 15 is 0 Å². The first-order chi connectivity index (χ1) is 12.4. The summed E-state index contributed by atoms with van der Waals surface area (Å²) in [6.07, 6.45) is 0.499. The van der Waals surface area contributed by atoms with Crippen molar-refractivity contribution in [2.75, 3.05) is 20.3 Å². The molecule has 2 rings (SSSR count). The quantitative estimate of drug-likeness (QED) is 0.721. The summed E-state index contributed by atoms with van der Waals surface area (Å²) in [6.45, 7) is -0.157. The van der Waals surface area contributed by atoms with Crippen LogP contribution in [-0.2, 0) is 16.0 Å². The Morgan fingerprint density at radius 3 is 2.58 bits per heavy atom. The van der Waals surface area contributed by atoms with Crippen molar-refractivity contribution in [3.63, 3.8) is 0 Å². The maximum Gasteiger partial charge on any atom is 0.338 e. The summed E-state index contributed by atoms with van der Waals surface area (Å²) in [7, 11) is 1.32. The third-order valence-electron chi connectivity index (χ3n) is 3.45. The number of carbonyl (C=O) groups excluding carboxylic acids is 2. The molecule has 0 aliphatic carbocycles. The molecule has 0 bridgehead atoms. The zero-order valence-electron chi connectivity index (χ0n) is 13.9. The molecular formula is C18H16Cl2FNO4. The molecule has 0 aromatic heterocycles. The number of carbonyl (C=O) groups is 2. The highest BCUT2D eigenvalue weighted by molar-refractivity contribution is 6.35. The fraction of sp³-hybridized carbons (Fsp3) is 0.222. The second kappa shape index (κ2) is 9.40. The van der Waals surface area contributed by atoms with E-state index in [4.69, 9.17) is 32.7 Å². The number of benzene rings is 2. The number of hydrogen-bond donors (Lipinski definition) is 1. The predicted molar refractivity (Wildman–Crippen MR) is 96.4 cm³/mol. The van der Waals surface area contributed by atoms with Gasteiger partial charge in [-0.2, -0.15) is 0 Å². The van der Waals surface area contributed by atoms with Crippen molar-refractivity contribution in [1.29, 1.82) is 0 Å². The molecule has 2 aromatic rings. The van der Waals surface area contributed by atoms with Gasteiger partial charge in [-0.15, -0.1) is 0 Å². The van der Waals surface area contributed by atoms with Crippen LogP contribution in [0.1, 0.15) is 15.9 Å². The summed E-state index contributed by atoms with van der Waals surface area (Å²) >= 11 is 11.9. The van der Waals surface area contributed by atoms with Crippen LogP contribution in [0, 0.1) is 5.82 Å². The maximum absolute atomic E-state index is 13.6. The van der Waals surface area contributed by atoms with Gasteiger partial charge < -0.3 is 14.8 Å². The number of ether oxygens (including phenoxy) is 2. The van der Waals surface area contributed by atoms with Gasteiger partial charge >= 0.3 is 5.97 Å². The molecule has 26 heavy (non-hydrogen) atoms. The molecule has 2 aromatic carbocycles. The summed E-state index contributed by atoms with van der Waals surface area (Å²) in [5, 5.41) is 3.65. The van der Waals surface area contributed by atoms with Gasteiger partial charge in [0.05, 0.1) is 12.7 Å². The smallest absolute Gasteiger partial charge is 0.338 e. The molecule has 0 aliphatic heterocycles. The number of halogens is 3. The Hall–Kier alpha value is -2.31. The van der Waals surface area contributed by atoms with Crippen molar-refractivity contribution >= 4 is 35.1 Å². The van der Waals surface area contributed by atoms with Gasteiger partial charge in [0.15, 0.2) is 18.2 Å². The van der Waals surface area contributed by atoms with E-state index in [1.165, 1.54) is 19.2 Å². The number of hydrogen-bond acceptors (Lipinski definition) is 4. The van der Waals surface area contributed by atoms with E-state index in [-0.39, 0.29) is 11.3 Å². The van der Waals surface area contributed by atoms with Crippen LogP contribution in [0.15, 0.2) is 36.4 Å². The van der Waals surface area contributed by atoms with E-state index in [0.29, 0.717) is 23.0 Å². The van der Waals surface area contributed by atoms with Gasteiger partial charge in [0.1, 0.15) is 0 Å². The van der Waals surface area contributed by atoms with E-state index in [2.05, 4.69) is 5.32 Å². The highest BCUT2D eigenvalue weighted by atomic mass is 35.5. The number of amides is 1. The Balaban J connectivity index is 1.77. The molecular weight excluding hydrogens is 384 g/mol. The first kappa shape index (κ1) is 20.0. The van der Waals surface area contributed by atoms with Crippen LogP contribution in [0.3, 0.4) is 0 Å². The number of methoxy groups -OCH3 is 1. The molecule has 0 aliphatic rings. The first-order valence-corrected chi connectivity index (χ1v) is 8.37. The molecule has 1 N–H and O–H groups in total. The Morgan fingerprint density at radius 2 is 1.92 bits per heavy atom. The molecule has 0 saturated heterocycles. The standard InChI is InChI=1S/C18H16Cl2FNO4/c1-25-16-5-3-12(8-15(16)21)18(24)26-10-17(23)22-7-6-11-2-4-13(19)9-14(11)20/h2-5,8-9H,6-7,10H2,1H3,(H,22,23). The molecule has 0 saturated carbocycles. The molecule has 5 nitrogen and oxygen atoms in total. The lowest BCUT2D eigenvalue weighted by Gasteiger charge is -2.08. The highest BCUT2D eigenvalue weighted by Gasteiger charge is 2.13. The summed E-state index contributed by atoms with van der Waals surface area (Å²) in [6, 6.07) is 8.75. The zero-order valence-corrected chi connectivity index (χ0v) is 15.4. The molecule has 0 atom stereocenters. The van der Waals surface area contributed by atoms with Crippen LogP contribution >= 0.6 is 23.2 Å². The van der Waals surface area contributed by atoms with Gasteiger partial charge in [0.25, 0.3) is 5.91 Å². The summed E-state index contributed by atoms with van der Waals surface area (Å²) in [4.78, 5) is 23.6. The summed E-state index contributed by atoms with van der Waals surface area (Å²) < 4.78 is 23.2. The van der Waals surface area contributed by atoms with Crippen molar-refractivity contribution in [3.05, 3.63) is 63.4 Å². The normalized spacial score (nSPS) is 10.3. The maximum atomic E-state index is 13.6. The van der Waals surface area contributed by atoms with E-state index in [1.54, 1.807) is 18.2 Å². The Morgan fingerprint density at radius 1 is 1.15 bits per heavy atom. The monoisotopic (exact) mass is 399 g/mol. The van der Waals surface area contributed by atoms with Crippen molar-refractivity contribution in [1.82, 2.24) is 5.32 Å². The molecule has 0 unspecified atom stereocenters. The highest BCUT2D eigenvalue weighted by Crippen LogP contribution is 2.21. The Labute approximate surface area is 160 Å². The Bertz CT molecular complexity index is 814. The second-order valence-corrected chi connectivity index (χ2v) is 6.10. The van der Waals surface area contributed by atoms with Crippen molar-refractivity contribution in [2.45, 2.75) is 6.42 Å². The third kappa shape index (κ3) is 5.61. The molecule has 1 amide bonds. The van der Waals surface area contributed by atoms with Gasteiger partial charge in [0.2, 0.25) is 0 Å². The van der Waals surface area contributed by atoms with E-state index in [1.807, 2.05) is 0 Å². The average molecular weight is 400 g/mol. The van der Waals surface area contributed by atoms with Crippen LogP contribution in [0.2, 0.25) is 10.0 Å². The van der Waals surface area contributed by atoms with Crippen LogP contribution in [-0.4, -0.2) is 32.1 Å². The van der Waals surface area contributed by atoms with E-state index in [9.17, 15) is 14.0 Å². The fourth-order valence-electron chi connectivity index (χ4n) is 2.12. The van der Waals surface area contributed by atoms with Gasteiger partial charge in [-0.1, -0.05) is 29.3 Å². The van der Waals surface area contributed by atoms with Crippen molar-refractivity contribution in [2.24, 2.45) is 0 Å². The van der Waals surface area contributed by atoms with E-state index in [0.717, 1.165) is 11.6 Å². The lowest BCUT2D eigenvalue weighted by Crippen LogP contribution is -2.30. The average Bonchev–Trinajstić information content (AvgIpc) is 2.61. The third-order valence-corrected chi connectivity index (χ3v) is 4.04. The number of rotatable bonds is 7. The van der Waals surface area contributed by atoms with Gasteiger partial charge in [-0.05, 0) is 42.3 Å². The lowest BCUT2D eigenvalue weighted by molar-refractivity contribution is -0.124. The van der Waals surface area contributed by atoms with Crippen LogP contribution in [0.25, 0.3) is 0 Å². The molecule has 8 heteroatoms. The van der Waals surface area contributed by atoms with Gasteiger partial charge in [-0.3, -0.25) is 4.79 Å². The minimum absolute atomic E-state index is 0.0101. The SMILES string of the molecule is COc1ccc(C(=O)OCC(=O)NCCc2ccc(Cl)cc2Cl)cc1F. The first-order valence-electron chi connectivity index (χ1n) is 7.62. The zero-order chi connectivity index (χ0) is 19.1. The van der Waals surface area contributed by atoms with Crippen molar-refractivity contribution < 1.29 is 23.5 Å². The lowest BCUT2D eigenvalue weighted by atomic mass is 10.1. The number of nitrogens with one attached hydrogen (secondary N) is 1. The van der Waals surface area contributed by atoms with Gasteiger partial charge in [0, 0.05) is 16.6 Å². The van der Waals surface area contributed by atoms with E-state index < -0.39 is 24.3 Å². The molecule has 0 radical (unpaired) electrons. The van der Waals surface area contributed by atoms with Crippen LogP contribution in [0.5, 0.6) is 5.75 Å². The second-order valence-electron chi connectivity index (χ2n) is 5.26. The summed E-state index contributed by atoms with van der Waals surface area (Å²) in [5.74, 6) is -1.95. The molecule has 0 spiro atoms. The van der Waals surface area contributed by atoms with Gasteiger partial charge in [-0.25, -0.2) is 9.18 Å². The van der Waals surface area contributed by atoms with Crippen LogP contribution in [0.4, 0.5) is 4.39 Å². The topological polar surface area (TPSA) is 64.6 Å². The largest absolute Gasteiger partial charge is 0.494 e. The van der Waals surface area contributed by atoms with Crippen molar-refractivity contribution in [3.8, 4) is 5.75 Å². The fourth-order valence-corrected chi connectivity index (χ4v) is 2.62. The van der Waals surface area contributed by atoms with Crippen LogP contribution < -0.4 is 10.1 Å². The number of esters is 1. The molecule has 138 valence electrons. The Kier molecular flexibility index (Phi) is 7.24. The summed E-state index contributed by atoms with van der Waals surface area (Å²) in [5.41, 5.74) is 0.825. The minimum Gasteiger partial charge on any atom is -0.494 e.